The van der Waals surface area contributed by atoms with Crippen molar-refractivity contribution in [2.24, 2.45) is 0 Å². The van der Waals surface area contributed by atoms with E-state index in [2.05, 4.69) is 5.32 Å². The SMILES string of the molecule is Cc1c(C(=O)N[C@@H](C)CO)sc2cccc(F)c12. The predicted octanol–water partition coefficient (Wildman–Crippen LogP) is 2.46. The quantitative estimate of drug-likeness (QED) is 0.897. The molecule has 0 spiro atoms. The van der Waals surface area contributed by atoms with Crippen LogP contribution in [-0.4, -0.2) is 23.7 Å². The van der Waals surface area contributed by atoms with Crippen LogP contribution in [0.3, 0.4) is 0 Å². The van der Waals surface area contributed by atoms with Crippen molar-refractivity contribution in [1.29, 1.82) is 0 Å². The monoisotopic (exact) mass is 267 g/mol. The van der Waals surface area contributed by atoms with E-state index >= 15 is 0 Å². The molecule has 2 N–H and O–H groups in total. The number of carbonyl (C=O) groups is 1. The summed E-state index contributed by atoms with van der Waals surface area (Å²) in [5, 5.41) is 12.1. The van der Waals surface area contributed by atoms with Crippen molar-refractivity contribution in [1.82, 2.24) is 5.32 Å². The topological polar surface area (TPSA) is 49.3 Å². The normalized spacial score (nSPS) is 12.7. The van der Waals surface area contributed by atoms with Gasteiger partial charge in [-0.25, -0.2) is 4.39 Å². The first-order chi connectivity index (χ1) is 8.54. The second kappa shape index (κ2) is 5.04. The Kier molecular flexibility index (Phi) is 3.63. The largest absolute Gasteiger partial charge is 0.394 e. The highest BCUT2D eigenvalue weighted by Gasteiger charge is 2.18. The number of amides is 1. The molecule has 96 valence electrons. The van der Waals surface area contributed by atoms with Crippen molar-refractivity contribution in [3.8, 4) is 0 Å². The minimum atomic E-state index is -0.313. The molecule has 0 fully saturated rings. The van der Waals surface area contributed by atoms with Gasteiger partial charge in [0.1, 0.15) is 5.82 Å². The van der Waals surface area contributed by atoms with Gasteiger partial charge in [0.05, 0.1) is 11.5 Å². The Labute approximate surface area is 108 Å². The number of benzene rings is 1. The van der Waals surface area contributed by atoms with E-state index in [1.54, 1.807) is 26.0 Å². The standard InChI is InChI=1S/C13H14FNO2S/c1-7(6-16)15-13(17)12-8(2)11-9(14)4-3-5-10(11)18-12/h3-5,7,16H,6H2,1-2H3,(H,15,17)/t7-/m0/s1. The molecule has 1 atom stereocenters. The van der Waals surface area contributed by atoms with E-state index in [-0.39, 0.29) is 24.4 Å². The van der Waals surface area contributed by atoms with Crippen LogP contribution in [0.25, 0.3) is 10.1 Å². The van der Waals surface area contributed by atoms with E-state index in [0.717, 1.165) is 4.70 Å². The van der Waals surface area contributed by atoms with Gasteiger partial charge in [0.15, 0.2) is 0 Å². The van der Waals surface area contributed by atoms with Crippen molar-refractivity contribution in [2.75, 3.05) is 6.61 Å². The van der Waals surface area contributed by atoms with Crippen LogP contribution < -0.4 is 5.32 Å². The molecule has 0 aliphatic heterocycles. The summed E-state index contributed by atoms with van der Waals surface area (Å²) in [6, 6.07) is 4.50. The number of fused-ring (bicyclic) bond motifs is 1. The lowest BCUT2D eigenvalue weighted by Gasteiger charge is -2.09. The first-order valence-electron chi connectivity index (χ1n) is 5.64. The van der Waals surface area contributed by atoms with Crippen molar-refractivity contribution >= 4 is 27.3 Å². The smallest absolute Gasteiger partial charge is 0.261 e. The molecular weight excluding hydrogens is 253 g/mol. The molecule has 5 heteroatoms. The fraction of sp³-hybridized carbons (Fsp3) is 0.308. The van der Waals surface area contributed by atoms with Gasteiger partial charge in [-0.05, 0) is 31.5 Å². The van der Waals surface area contributed by atoms with Crippen LogP contribution in [0.4, 0.5) is 4.39 Å². The second-order valence-electron chi connectivity index (χ2n) is 4.23. The molecule has 0 saturated heterocycles. The van der Waals surface area contributed by atoms with Crippen LogP contribution in [0.5, 0.6) is 0 Å². The predicted molar refractivity (Wildman–Crippen MR) is 70.5 cm³/mol. The summed E-state index contributed by atoms with van der Waals surface area (Å²) in [7, 11) is 0. The van der Waals surface area contributed by atoms with Gasteiger partial charge < -0.3 is 10.4 Å². The highest BCUT2D eigenvalue weighted by molar-refractivity contribution is 7.21. The molecule has 2 aromatic rings. The summed E-state index contributed by atoms with van der Waals surface area (Å²) < 4.78 is 14.4. The Hall–Kier alpha value is -1.46. The molecule has 1 aromatic heterocycles. The van der Waals surface area contributed by atoms with E-state index in [4.69, 9.17) is 5.11 Å². The first-order valence-corrected chi connectivity index (χ1v) is 6.45. The van der Waals surface area contributed by atoms with E-state index in [0.29, 0.717) is 15.8 Å². The number of rotatable bonds is 3. The van der Waals surface area contributed by atoms with Gasteiger partial charge in [0.25, 0.3) is 5.91 Å². The number of aliphatic hydroxyl groups is 1. The Morgan fingerprint density at radius 2 is 2.28 bits per heavy atom. The number of halogens is 1. The van der Waals surface area contributed by atoms with E-state index in [1.165, 1.54) is 17.4 Å². The maximum Gasteiger partial charge on any atom is 0.261 e. The summed E-state index contributed by atoms with van der Waals surface area (Å²) in [4.78, 5) is 12.5. The molecule has 3 nitrogen and oxygen atoms in total. The maximum atomic E-state index is 13.7. The molecule has 0 aliphatic rings. The maximum absolute atomic E-state index is 13.7. The lowest BCUT2D eigenvalue weighted by molar-refractivity contribution is 0.0926. The van der Waals surface area contributed by atoms with Gasteiger partial charge in [0.2, 0.25) is 0 Å². The Bertz CT molecular complexity index is 594. The average Bonchev–Trinajstić information content (AvgIpc) is 2.68. The average molecular weight is 267 g/mol. The summed E-state index contributed by atoms with van der Waals surface area (Å²) in [6.07, 6.45) is 0. The van der Waals surface area contributed by atoms with Crippen LogP contribution in [0.15, 0.2) is 18.2 Å². The number of aliphatic hydroxyl groups excluding tert-OH is 1. The number of hydrogen-bond acceptors (Lipinski definition) is 3. The van der Waals surface area contributed by atoms with Crippen LogP contribution in [0.2, 0.25) is 0 Å². The summed E-state index contributed by atoms with van der Waals surface area (Å²) in [5.41, 5.74) is 0.649. The number of thiophene rings is 1. The zero-order chi connectivity index (χ0) is 13.3. The Balaban J connectivity index is 2.43. The first kappa shape index (κ1) is 13.0. The van der Waals surface area contributed by atoms with Crippen LogP contribution in [-0.2, 0) is 0 Å². The molecule has 1 aromatic carbocycles. The summed E-state index contributed by atoms with van der Waals surface area (Å²) >= 11 is 1.26. The fourth-order valence-corrected chi connectivity index (χ4v) is 2.93. The molecule has 0 unspecified atom stereocenters. The number of hydrogen-bond donors (Lipinski definition) is 2. The van der Waals surface area contributed by atoms with Crippen LogP contribution >= 0.6 is 11.3 Å². The van der Waals surface area contributed by atoms with Gasteiger partial charge in [-0.1, -0.05) is 6.07 Å². The molecule has 0 bridgehead atoms. The molecule has 0 saturated carbocycles. The highest BCUT2D eigenvalue weighted by Crippen LogP contribution is 2.32. The van der Waals surface area contributed by atoms with Crippen LogP contribution in [0, 0.1) is 12.7 Å². The lowest BCUT2D eigenvalue weighted by atomic mass is 10.1. The Morgan fingerprint density at radius 3 is 2.89 bits per heavy atom. The van der Waals surface area contributed by atoms with Crippen molar-refractivity contribution in [3.05, 3.63) is 34.5 Å². The van der Waals surface area contributed by atoms with Crippen molar-refractivity contribution in [2.45, 2.75) is 19.9 Å². The third-order valence-corrected chi connectivity index (χ3v) is 4.02. The van der Waals surface area contributed by atoms with Gasteiger partial charge >= 0.3 is 0 Å². The lowest BCUT2D eigenvalue weighted by Crippen LogP contribution is -2.34. The molecule has 1 heterocycles. The Morgan fingerprint density at radius 1 is 1.56 bits per heavy atom. The molecule has 1 amide bonds. The number of carbonyl (C=O) groups excluding carboxylic acids is 1. The number of nitrogens with one attached hydrogen (secondary N) is 1. The second-order valence-corrected chi connectivity index (χ2v) is 5.28. The van der Waals surface area contributed by atoms with Gasteiger partial charge in [-0.15, -0.1) is 11.3 Å². The minimum absolute atomic E-state index is 0.121. The molecule has 0 radical (unpaired) electrons. The molecule has 2 rings (SSSR count). The molecule has 0 aliphatic carbocycles. The van der Waals surface area contributed by atoms with Gasteiger partial charge in [0, 0.05) is 16.1 Å². The highest BCUT2D eigenvalue weighted by atomic mass is 32.1. The molecule has 18 heavy (non-hydrogen) atoms. The summed E-state index contributed by atoms with van der Waals surface area (Å²) in [6.45, 7) is 3.33. The zero-order valence-corrected chi connectivity index (χ0v) is 11.0. The van der Waals surface area contributed by atoms with E-state index in [9.17, 15) is 9.18 Å². The van der Waals surface area contributed by atoms with Gasteiger partial charge in [-0.3, -0.25) is 4.79 Å². The van der Waals surface area contributed by atoms with E-state index < -0.39 is 0 Å². The van der Waals surface area contributed by atoms with E-state index in [1.807, 2.05) is 0 Å². The third kappa shape index (κ3) is 2.23. The zero-order valence-electron chi connectivity index (χ0n) is 10.2. The fourth-order valence-electron chi connectivity index (χ4n) is 1.80. The van der Waals surface area contributed by atoms with Crippen molar-refractivity contribution < 1.29 is 14.3 Å². The number of aryl methyl sites for hydroxylation is 1. The van der Waals surface area contributed by atoms with Crippen LogP contribution in [0.1, 0.15) is 22.2 Å². The van der Waals surface area contributed by atoms with Gasteiger partial charge in [-0.2, -0.15) is 0 Å². The minimum Gasteiger partial charge on any atom is -0.394 e. The van der Waals surface area contributed by atoms with Crippen molar-refractivity contribution in [3.63, 3.8) is 0 Å². The molecular formula is C13H14FNO2S. The summed E-state index contributed by atoms with van der Waals surface area (Å²) in [5.74, 6) is -0.579. The third-order valence-electron chi connectivity index (χ3n) is 2.76.